The second-order valence-electron chi connectivity index (χ2n) is 6.33. The number of ether oxygens (including phenoxy) is 1. The van der Waals surface area contributed by atoms with Crippen LogP contribution in [0.25, 0.3) is 5.82 Å². The number of nitrogens with zero attached hydrogens (tertiary/aromatic N) is 4. The Kier molecular flexibility index (Phi) is 5.70. The summed E-state index contributed by atoms with van der Waals surface area (Å²) < 4.78 is 7.75. The Hall–Kier alpha value is -3.51. The smallest absolute Gasteiger partial charge is 0.153 e. The molecule has 0 saturated heterocycles. The number of rotatable bonds is 8. The van der Waals surface area contributed by atoms with Gasteiger partial charge in [0.05, 0.1) is 0 Å². The van der Waals surface area contributed by atoms with Gasteiger partial charge in [0, 0.05) is 55.2 Å². The topological polar surface area (TPSA) is 64.9 Å². The van der Waals surface area contributed by atoms with Crippen molar-refractivity contribution in [3.05, 3.63) is 102 Å². The molecule has 0 unspecified atom stereocenters. The first kappa shape index (κ1) is 17.9. The zero-order chi connectivity index (χ0) is 19.0. The van der Waals surface area contributed by atoms with Gasteiger partial charge in [-0.1, -0.05) is 24.3 Å². The van der Waals surface area contributed by atoms with E-state index in [2.05, 4.69) is 26.4 Å². The monoisotopic (exact) mass is 371 g/mol. The fraction of sp³-hybridized carbons (Fsp3) is 0.136. The maximum absolute atomic E-state index is 5.99. The molecule has 0 aliphatic heterocycles. The van der Waals surface area contributed by atoms with E-state index in [-0.39, 0.29) is 0 Å². The van der Waals surface area contributed by atoms with Gasteiger partial charge in [-0.25, -0.2) is 9.67 Å². The summed E-state index contributed by atoms with van der Waals surface area (Å²) in [5.41, 5.74) is 3.32. The Morgan fingerprint density at radius 1 is 0.893 bits per heavy atom. The minimum absolute atomic E-state index is 0.502. The highest BCUT2D eigenvalue weighted by atomic mass is 16.5. The molecule has 0 spiro atoms. The highest BCUT2D eigenvalue weighted by Gasteiger charge is 2.05. The molecular weight excluding hydrogens is 350 g/mol. The van der Waals surface area contributed by atoms with Gasteiger partial charge >= 0.3 is 0 Å². The van der Waals surface area contributed by atoms with Gasteiger partial charge in [-0.2, -0.15) is 5.10 Å². The fourth-order valence-electron chi connectivity index (χ4n) is 2.88. The summed E-state index contributed by atoms with van der Waals surface area (Å²) >= 11 is 0. The average Bonchev–Trinajstić information content (AvgIpc) is 3.29. The lowest BCUT2D eigenvalue weighted by atomic mass is 10.2. The second-order valence-corrected chi connectivity index (χ2v) is 6.33. The van der Waals surface area contributed by atoms with Crippen molar-refractivity contribution < 1.29 is 4.74 Å². The van der Waals surface area contributed by atoms with Crippen molar-refractivity contribution >= 4 is 0 Å². The van der Waals surface area contributed by atoms with E-state index < -0.39 is 0 Å². The molecule has 0 aliphatic carbocycles. The van der Waals surface area contributed by atoms with Gasteiger partial charge in [-0.05, 0) is 35.9 Å². The highest BCUT2D eigenvalue weighted by molar-refractivity contribution is 5.33. The van der Waals surface area contributed by atoms with E-state index in [1.165, 1.54) is 0 Å². The molecule has 0 atom stereocenters. The lowest BCUT2D eigenvalue weighted by Gasteiger charge is -2.12. The van der Waals surface area contributed by atoms with Crippen molar-refractivity contribution in [1.29, 1.82) is 0 Å². The van der Waals surface area contributed by atoms with Gasteiger partial charge in [-0.15, -0.1) is 0 Å². The summed E-state index contributed by atoms with van der Waals surface area (Å²) in [6.07, 6.45) is 9.02. The van der Waals surface area contributed by atoms with Gasteiger partial charge in [0.25, 0.3) is 0 Å². The number of pyridine rings is 2. The minimum Gasteiger partial charge on any atom is -0.489 e. The van der Waals surface area contributed by atoms with Crippen molar-refractivity contribution in [2.75, 3.05) is 0 Å². The molecule has 1 aromatic carbocycles. The number of para-hydroxylation sites is 1. The zero-order valence-electron chi connectivity index (χ0n) is 15.4. The average molecular weight is 371 g/mol. The van der Waals surface area contributed by atoms with Gasteiger partial charge in [0.1, 0.15) is 12.4 Å². The summed E-state index contributed by atoms with van der Waals surface area (Å²) in [5, 5.41) is 7.70. The molecule has 0 saturated carbocycles. The predicted molar refractivity (Wildman–Crippen MR) is 107 cm³/mol. The van der Waals surface area contributed by atoms with Gasteiger partial charge in [-0.3, -0.25) is 4.98 Å². The molecule has 0 aliphatic rings. The lowest BCUT2D eigenvalue weighted by Crippen LogP contribution is -2.14. The summed E-state index contributed by atoms with van der Waals surface area (Å²) in [4.78, 5) is 8.49. The summed E-state index contributed by atoms with van der Waals surface area (Å²) in [6.45, 7) is 1.94. The molecule has 1 N–H and O–H groups in total. The standard InChI is InChI=1S/C22H21N5O/c1-2-7-21(28-17-19-5-3-9-23-15-19)20(6-1)16-24-14-18-8-11-25-22(13-18)27-12-4-10-26-27/h1-13,15,24H,14,16-17H2. The van der Waals surface area contributed by atoms with Crippen molar-refractivity contribution in [2.45, 2.75) is 19.7 Å². The van der Waals surface area contributed by atoms with Gasteiger partial charge in [0.2, 0.25) is 0 Å². The van der Waals surface area contributed by atoms with E-state index >= 15 is 0 Å². The molecular formula is C22H21N5O. The van der Waals surface area contributed by atoms with E-state index in [0.717, 1.165) is 34.8 Å². The van der Waals surface area contributed by atoms with Gasteiger partial charge in [0.15, 0.2) is 5.82 Å². The summed E-state index contributed by atoms with van der Waals surface area (Å²) in [6, 6.07) is 17.9. The fourth-order valence-corrected chi connectivity index (χ4v) is 2.88. The van der Waals surface area contributed by atoms with Crippen molar-refractivity contribution in [3.8, 4) is 11.6 Å². The lowest BCUT2D eigenvalue weighted by molar-refractivity contribution is 0.301. The number of hydrogen-bond donors (Lipinski definition) is 1. The van der Waals surface area contributed by atoms with E-state index in [0.29, 0.717) is 13.2 Å². The van der Waals surface area contributed by atoms with Crippen molar-refractivity contribution in [3.63, 3.8) is 0 Å². The van der Waals surface area contributed by atoms with Crippen LogP contribution in [0.4, 0.5) is 0 Å². The first-order chi connectivity index (χ1) is 13.9. The number of hydrogen-bond acceptors (Lipinski definition) is 5. The van der Waals surface area contributed by atoms with E-state index in [1.807, 2.05) is 60.9 Å². The second kappa shape index (κ2) is 8.92. The van der Waals surface area contributed by atoms with E-state index in [1.54, 1.807) is 23.3 Å². The Morgan fingerprint density at radius 2 is 1.86 bits per heavy atom. The van der Waals surface area contributed by atoms with Crippen LogP contribution >= 0.6 is 0 Å². The Bertz CT molecular complexity index is 1000. The molecule has 4 aromatic rings. The molecule has 3 aromatic heterocycles. The molecule has 3 heterocycles. The molecule has 4 rings (SSSR count). The van der Waals surface area contributed by atoms with Crippen molar-refractivity contribution in [1.82, 2.24) is 25.1 Å². The molecule has 28 heavy (non-hydrogen) atoms. The quantitative estimate of drug-likeness (QED) is 0.513. The van der Waals surface area contributed by atoms with Crippen LogP contribution < -0.4 is 10.1 Å². The summed E-state index contributed by atoms with van der Waals surface area (Å²) in [5.74, 6) is 1.69. The molecule has 140 valence electrons. The largest absolute Gasteiger partial charge is 0.489 e. The van der Waals surface area contributed by atoms with Crippen LogP contribution in [0, 0.1) is 0 Å². The van der Waals surface area contributed by atoms with Crippen LogP contribution in [0.5, 0.6) is 5.75 Å². The maximum atomic E-state index is 5.99. The summed E-state index contributed by atoms with van der Waals surface area (Å²) in [7, 11) is 0. The Morgan fingerprint density at radius 3 is 2.71 bits per heavy atom. The molecule has 6 heteroatoms. The number of benzene rings is 1. The van der Waals surface area contributed by atoms with Crippen LogP contribution in [0.1, 0.15) is 16.7 Å². The predicted octanol–water partition coefficient (Wildman–Crippen LogP) is 3.53. The first-order valence-electron chi connectivity index (χ1n) is 9.14. The minimum atomic E-state index is 0.502. The molecule has 0 radical (unpaired) electrons. The maximum Gasteiger partial charge on any atom is 0.153 e. The Labute approximate surface area is 163 Å². The molecule has 6 nitrogen and oxygen atoms in total. The van der Waals surface area contributed by atoms with E-state index in [9.17, 15) is 0 Å². The number of aromatic nitrogens is 4. The van der Waals surface area contributed by atoms with Crippen LogP contribution in [-0.2, 0) is 19.7 Å². The Balaban J connectivity index is 1.36. The van der Waals surface area contributed by atoms with Crippen LogP contribution in [0.2, 0.25) is 0 Å². The van der Waals surface area contributed by atoms with Crippen LogP contribution in [0.15, 0.2) is 85.6 Å². The van der Waals surface area contributed by atoms with Crippen LogP contribution in [-0.4, -0.2) is 19.7 Å². The molecule has 0 fully saturated rings. The zero-order valence-corrected chi connectivity index (χ0v) is 15.4. The van der Waals surface area contributed by atoms with E-state index in [4.69, 9.17) is 4.74 Å². The third-order valence-corrected chi connectivity index (χ3v) is 4.28. The molecule has 0 amide bonds. The third kappa shape index (κ3) is 4.61. The molecule has 0 bridgehead atoms. The normalized spacial score (nSPS) is 10.7. The SMILES string of the molecule is c1cncc(COc2ccccc2CNCc2ccnc(-n3cccn3)c2)c1. The first-order valence-corrected chi connectivity index (χ1v) is 9.14. The highest BCUT2D eigenvalue weighted by Crippen LogP contribution is 2.19. The number of nitrogens with one attached hydrogen (secondary N) is 1. The van der Waals surface area contributed by atoms with Crippen molar-refractivity contribution in [2.24, 2.45) is 0 Å². The van der Waals surface area contributed by atoms with Crippen LogP contribution in [0.3, 0.4) is 0 Å². The third-order valence-electron chi connectivity index (χ3n) is 4.28. The van der Waals surface area contributed by atoms with Gasteiger partial charge < -0.3 is 10.1 Å².